The molecule has 242 valence electrons. The van der Waals surface area contributed by atoms with E-state index in [9.17, 15) is 18.0 Å². The summed E-state index contributed by atoms with van der Waals surface area (Å²) in [5, 5.41) is 3.18. The average Bonchev–Trinajstić information content (AvgIpc) is 3.46. The van der Waals surface area contributed by atoms with Gasteiger partial charge in [-0.3, -0.25) is 5.32 Å². The number of esters is 1. The van der Waals surface area contributed by atoms with E-state index in [0.717, 1.165) is 41.7 Å². The first-order chi connectivity index (χ1) is 22.2. The Labute approximate surface area is 279 Å². The van der Waals surface area contributed by atoms with Crippen molar-refractivity contribution in [2.75, 3.05) is 26.0 Å². The van der Waals surface area contributed by atoms with Crippen LogP contribution in [0.2, 0.25) is 4.34 Å². The number of hydrogen-bond donors (Lipinski definition) is 2. The Kier molecular flexibility index (Phi) is 10.8. The van der Waals surface area contributed by atoms with E-state index in [1.807, 2.05) is 36.4 Å². The molecule has 0 atom stereocenters. The largest absolute Gasteiger partial charge is 0.467 e. The topological polar surface area (TPSA) is 118 Å². The van der Waals surface area contributed by atoms with Gasteiger partial charge in [0.15, 0.2) is 5.13 Å². The fourth-order valence-electron chi connectivity index (χ4n) is 6.18. The van der Waals surface area contributed by atoms with Gasteiger partial charge in [0.1, 0.15) is 15.6 Å². The van der Waals surface area contributed by atoms with Gasteiger partial charge in [0.2, 0.25) is 10.0 Å². The zero-order valence-electron chi connectivity index (χ0n) is 25.7. The molecule has 1 fully saturated rings. The number of rotatable bonds is 11. The van der Waals surface area contributed by atoms with Crippen LogP contribution in [-0.2, 0) is 19.6 Å². The molecule has 1 aliphatic carbocycles. The number of benzene rings is 3. The molecular formula is C34H37ClN4O5S2. The first-order valence-electron chi connectivity index (χ1n) is 15.2. The maximum Gasteiger partial charge on any atom is 0.331 e. The van der Waals surface area contributed by atoms with Crippen molar-refractivity contribution < 1.29 is 22.7 Å². The summed E-state index contributed by atoms with van der Waals surface area (Å²) in [6, 6.07) is 26.0. The lowest BCUT2D eigenvalue weighted by molar-refractivity contribution is -0.155. The molecular weight excluding hydrogens is 644 g/mol. The lowest BCUT2D eigenvalue weighted by atomic mass is 9.79. The van der Waals surface area contributed by atoms with Crippen LogP contribution in [0.3, 0.4) is 0 Å². The van der Waals surface area contributed by atoms with Crippen LogP contribution in [0.25, 0.3) is 11.3 Å². The number of carbonyl (C=O) groups is 2. The monoisotopic (exact) mass is 680 g/mol. The van der Waals surface area contributed by atoms with Crippen molar-refractivity contribution in [2.24, 2.45) is 0 Å². The van der Waals surface area contributed by atoms with Crippen molar-refractivity contribution >= 4 is 50.1 Å². The van der Waals surface area contributed by atoms with Crippen molar-refractivity contribution in [2.45, 2.75) is 54.9 Å². The third kappa shape index (κ3) is 7.28. The molecule has 1 aromatic heterocycles. The van der Waals surface area contributed by atoms with Gasteiger partial charge in [0.05, 0.1) is 12.0 Å². The Balaban J connectivity index is 1.45. The third-order valence-corrected chi connectivity index (χ3v) is 11.2. The number of methoxy groups -OCH3 is 1. The lowest BCUT2D eigenvalue weighted by Gasteiger charge is -2.44. The second-order valence-electron chi connectivity index (χ2n) is 11.2. The van der Waals surface area contributed by atoms with E-state index in [-0.39, 0.29) is 15.9 Å². The molecule has 1 saturated carbocycles. The van der Waals surface area contributed by atoms with Crippen molar-refractivity contribution in [1.29, 1.82) is 0 Å². The summed E-state index contributed by atoms with van der Waals surface area (Å²) < 4.78 is 32.3. The van der Waals surface area contributed by atoms with Gasteiger partial charge in [-0.2, -0.15) is 0 Å². The van der Waals surface area contributed by atoms with Crippen molar-refractivity contribution in [3.05, 3.63) is 100 Å². The third-order valence-electron chi connectivity index (χ3n) is 8.56. The molecule has 2 amide bonds. The SMILES string of the molecule is CNS(=O)(=O)c1ccc(-c2nc(NC(=O)N(CCC(c3ccccc3)c3ccccc3)C3(C(=O)OC)CCCCC3)sc2Cl)cc1. The molecule has 9 nitrogen and oxygen atoms in total. The standard InChI is InChI=1S/C34H37ClN4O5S2/c1-36-46(42,43)27-18-16-26(17-19-27)29-30(35)45-32(37-29)38-33(41)39(34(31(40)44-2)21-10-5-11-22-34)23-20-28(24-12-6-3-7-13-24)25-14-8-4-9-15-25/h3-4,6-9,12-19,28,36H,5,10-11,20-23H2,1-2H3,(H,37,38,41). The van der Waals surface area contributed by atoms with E-state index in [4.69, 9.17) is 16.3 Å². The number of nitrogens with one attached hydrogen (secondary N) is 2. The Morgan fingerprint density at radius 2 is 1.54 bits per heavy atom. The first kappa shape index (κ1) is 33.6. The van der Waals surface area contributed by atoms with E-state index in [2.05, 4.69) is 39.3 Å². The fraction of sp³-hybridized carbons (Fsp3) is 0.324. The van der Waals surface area contributed by atoms with Gasteiger partial charge in [0, 0.05) is 18.0 Å². The molecule has 46 heavy (non-hydrogen) atoms. The van der Waals surface area contributed by atoms with Crippen LogP contribution in [0.1, 0.15) is 55.6 Å². The summed E-state index contributed by atoms with van der Waals surface area (Å²) in [4.78, 5) is 34.1. The Bertz CT molecular complexity index is 1700. The number of halogens is 1. The highest BCUT2D eigenvalue weighted by Gasteiger charge is 2.48. The summed E-state index contributed by atoms with van der Waals surface area (Å²) >= 11 is 7.67. The van der Waals surface area contributed by atoms with Gasteiger partial charge in [-0.1, -0.05) is 115 Å². The van der Waals surface area contributed by atoms with Gasteiger partial charge in [-0.25, -0.2) is 27.7 Å². The number of amides is 2. The zero-order chi connectivity index (χ0) is 32.7. The second-order valence-corrected chi connectivity index (χ2v) is 14.7. The van der Waals surface area contributed by atoms with Crippen LogP contribution in [0.5, 0.6) is 0 Å². The zero-order valence-corrected chi connectivity index (χ0v) is 28.1. The summed E-state index contributed by atoms with van der Waals surface area (Å²) in [5.74, 6) is -0.431. The van der Waals surface area contributed by atoms with Crippen LogP contribution in [0, 0.1) is 0 Å². The highest BCUT2D eigenvalue weighted by Crippen LogP contribution is 2.39. The lowest BCUT2D eigenvalue weighted by Crippen LogP contribution is -2.60. The van der Waals surface area contributed by atoms with E-state index in [1.54, 1.807) is 17.0 Å². The second kappa shape index (κ2) is 14.8. The molecule has 0 aliphatic heterocycles. The number of nitrogens with zero attached hydrogens (tertiary/aromatic N) is 2. The molecule has 5 rings (SSSR count). The normalized spacial score (nSPS) is 14.5. The quantitative estimate of drug-likeness (QED) is 0.161. The van der Waals surface area contributed by atoms with E-state index in [1.165, 1.54) is 26.3 Å². The number of anilines is 1. The number of thiazole rings is 1. The van der Waals surface area contributed by atoms with E-state index >= 15 is 0 Å². The Hall–Kier alpha value is -3.77. The van der Waals surface area contributed by atoms with Crippen LogP contribution in [0.4, 0.5) is 9.93 Å². The van der Waals surface area contributed by atoms with Crippen LogP contribution < -0.4 is 10.0 Å². The number of aromatic nitrogens is 1. The van der Waals surface area contributed by atoms with Gasteiger partial charge in [0.25, 0.3) is 0 Å². The molecule has 1 aliphatic rings. The number of ether oxygens (including phenoxy) is 1. The number of hydrogen-bond acceptors (Lipinski definition) is 7. The van der Waals surface area contributed by atoms with E-state index < -0.39 is 27.6 Å². The van der Waals surface area contributed by atoms with Gasteiger partial charge < -0.3 is 9.64 Å². The Morgan fingerprint density at radius 1 is 0.957 bits per heavy atom. The summed E-state index contributed by atoms with van der Waals surface area (Å²) in [7, 11) is -0.888. The highest BCUT2D eigenvalue weighted by molar-refractivity contribution is 7.89. The number of carbonyl (C=O) groups excluding carboxylic acids is 2. The molecule has 12 heteroatoms. The van der Waals surface area contributed by atoms with Gasteiger partial charge in [-0.05, 0) is 49.6 Å². The van der Waals surface area contributed by atoms with Crippen LogP contribution >= 0.6 is 22.9 Å². The van der Waals surface area contributed by atoms with Crippen LogP contribution in [0.15, 0.2) is 89.8 Å². The average molecular weight is 681 g/mol. The molecule has 0 radical (unpaired) electrons. The van der Waals surface area contributed by atoms with Crippen molar-refractivity contribution in [3.63, 3.8) is 0 Å². The van der Waals surface area contributed by atoms with Gasteiger partial charge >= 0.3 is 12.0 Å². The number of urea groups is 1. The smallest absolute Gasteiger partial charge is 0.331 e. The number of sulfonamides is 1. The molecule has 3 aromatic carbocycles. The molecule has 0 spiro atoms. The van der Waals surface area contributed by atoms with Crippen molar-refractivity contribution in [3.8, 4) is 11.3 Å². The van der Waals surface area contributed by atoms with Crippen LogP contribution in [-0.4, -0.2) is 56.5 Å². The minimum atomic E-state index is -3.60. The fourth-order valence-corrected chi connectivity index (χ4v) is 7.98. The molecule has 1 heterocycles. The molecule has 0 saturated heterocycles. The maximum absolute atomic E-state index is 14.2. The molecule has 0 bridgehead atoms. The molecule has 2 N–H and O–H groups in total. The summed E-state index contributed by atoms with van der Waals surface area (Å²) in [6.07, 6.45) is 4.15. The molecule has 4 aromatic rings. The minimum Gasteiger partial charge on any atom is -0.467 e. The predicted octanol–water partition coefficient (Wildman–Crippen LogP) is 7.30. The Morgan fingerprint density at radius 3 is 2.09 bits per heavy atom. The minimum absolute atomic E-state index is 0.00779. The maximum atomic E-state index is 14.2. The van der Waals surface area contributed by atoms with E-state index in [0.29, 0.717) is 41.4 Å². The van der Waals surface area contributed by atoms with Gasteiger partial charge in [-0.15, -0.1) is 0 Å². The summed E-state index contributed by atoms with van der Waals surface area (Å²) in [5.41, 5.74) is 2.13. The molecule has 0 unspecified atom stereocenters. The highest BCUT2D eigenvalue weighted by atomic mass is 35.5. The first-order valence-corrected chi connectivity index (χ1v) is 17.8. The summed E-state index contributed by atoms with van der Waals surface area (Å²) in [6.45, 7) is 0.294. The predicted molar refractivity (Wildman–Crippen MR) is 182 cm³/mol. The van der Waals surface area contributed by atoms with Crippen molar-refractivity contribution in [1.82, 2.24) is 14.6 Å².